The highest BCUT2D eigenvalue weighted by Gasteiger charge is 2.16. The van der Waals surface area contributed by atoms with Crippen molar-refractivity contribution >= 4 is 17.7 Å². The van der Waals surface area contributed by atoms with Crippen molar-refractivity contribution in [2.24, 2.45) is 5.73 Å². The van der Waals surface area contributed by atoms with Crippen LogP contribution in [-0.2, 0) is 9.53 Å². The van der Waals surface area contributed by atoms with E-state index in [1.807, 2.05) is 18.7 Å². The Morgan fingerprint density at radius 3 is 3.00 bits per heavy atom. The fourth-order valence-corrected chi connectivity index (χ4v) is 3.16. The monoisotopic (exact) mass is 260 g/mol. The molecule has 1 saturated heterocycles. The summed E-state index contributed by atoms with van der Waals surface area (Å²) in [7, 11) is 0. The molecule has 1 fully saturated rings. The molecule has 0 aromatic heterocycles. The zero-order valence-electron chi connectivity index (χ0n) is 10.6. The number of rotatable bonds is 7. The number of hydrogen-bond donors (Lipinski definition) is 2. The number of carbonyl (C=O) groups excluding carboxylic acids is 1. The summed E-state index contributed by atoms with van der Waals surface area (Å²) >= 11 is 1.97. The molecule has 100 valence electrons. The number of nitrogens with one attached hydrogen (secondary N) is 1. The topological polar surface area (TPSA) is 64.3 Å². The molecule has 1 aliphatic rings. The molecular formula is C12H24N2O2S. The lowest BCUT2D eigenvalue weighted by atomic mass is 10.2. The van der Waals surface area contributed by atoms with Crippen molar-refractivity contribution in [1.29, 1.82) is 0 Å². The maximum atomic E-state index is 11.7. The van der Waals surface area contributed by atoms with Gasteiger partial charge in [-0.15, -0.1) is 0 Å². The summed E-state index contributed by atoms with van der Waals surface area (Å²) in [5.41, 5.74) is 5.54. The zero-order valence-corrected chi connectivity index (χ0v) is 11.4. The summed E-state index contributed by atoms with van der Waals surface area (Å²) in [6, 6.07) is 0. The number of nitrogens with two attached hydrogens (primary N) is 1. The predicted octanol–water partition coefficient (Wildman–Crippen LogP) is 1.14. The van der Waals surface area contributed by atoms with Crippen molar-refractivity contribution in [3.05, 3.63) is 0 Å². The van der Waals surface area contributed by atoms with Crippen LogP contribution in [0, 0.1) is 0 Å². The second kappa shape index (κ2) is 8.78. The van der Waals surface area contributed by atoms with E-state index in [0.29, 0.717) is 24.8 Å². The van der Waals surface area contributed by atoms with Crippen LogP contribution in [0.2, 0.25) is 0 Å². The van der Waals surface area contributed by atoms with Crippen LogP contribution in [0.1, 0.15) is 32.6 Å². The molecule has 0 aromatic carbocycles. The van der Waals surface area contributed by atoms with Gasteiger partial charge < -0.3 is 15.8 Å². The Morgan fingerprint density at radius 1 is 1.59 bits per heavy atom. The summed E-state index contributed by atoms with van der Waals surface area (Å²) in [6.07, 6.45) is 4.06. The largest absolute Gasteiger partial charge is 0.377 e. The van der Waals surface area contributed by atoms with Crippen LogP contribution in [0.5, 0.6) is 0 Å². The lowest BCUT2D eigenvalue weighted by Crippen LogP contribution is -2.36. The van der Waals surface area contributed by atoms with E-state index in [1.165, 1.54) is 25.0 Å². The molecular weight excluding hydrogens is 236 g/mol. The minimum Gasteiger partial charge on any atom is -0.377 e. The number of thioether (sulfide) groups is 1. The first-order valence-electron chi connectivity index (χ1n) is 6.46. The number of carbonyl (C=O) groups is 1. The highest BCUT2D eigenvalue weighted by atomic mass is 32.2. The van der Waals surface area contributed by atoms with Gasteiger partial charge in [0.05, 0.1) is 12.5 Å². The smallest absolute Gasteiger partial charge is 0.222 e. The van der Waals surface area contributed by atoms with Gasteiger partial charge in [0.2, 0.25) is 5.91 Å². The Hall–Kier alpha value is -0.260. The van der Waals surface area contributed by atoms with Gasteiger partial charge in [0.1, 0.15) is 0 Å². The highest BCUT2D eigenvalue weighted by Crippen LogP contribution is 2.24. The SMILES string of the molecule is CCOC(CN)CC(=O)NCC1CCCCS1. The van der Waals surface area contributed by atoms with Gasteiger partial charge in [-0.25, -0.2) is 0 Å². The number of hydrogen-bond acceptors (Lipinski definition) is 4. The van der Waals surface area contributed by atoms with Crippen LogP contribution in [-0.4, -0.2) is 42.7 Å². The first-order valence-corrected chi connectivity index (χ1v) is 7.51. The molecule has 0 spiro atoms. The van der Waals surface area contributed by atoms with Crippen molar-refractivity contribution in [3.63, 3.8) is 0 Å². The fourth-order valence-electron chi connectivity index (χ4n) is 1.92. The van der Waals surface area contributed by atoms with Gasteiger partial charge >= 0.3 is 0 Å². The molecule has 1 heterocycles. The van der Waals surface area contributed by atoms with E-state index in [4.69, 9.17) is 10.5 Å². The molecule has 0 radical (unpaired) electrons. The quantitative estimate of drug-likeness (QED) is 0.720. The van der Waals surface area contributed by atoms with Gasteiger partial charge in [0.15, 0.2) is 0 Å². The van der Waals surface area contributed by atoms with Crippen LogP contribution in [0.15, 0.2) is 0 Å². The predicted molar refractivity (Wildman–Crippen MR) is 72.2 cm³/mol. The minimum atomic E-state index is -0.140. The average molecular weight is 260 g/mol. The van der Waals surface area contributed by atoms with Crippen LogP contribution < -0.4 is 11.1 Å². The van der Waals surface area contributed by atoms with Gasteiger partial charge in [-0.1, -0.05) is 6.42 Å². The molecule has 2 unspecified atom stereocenters. The zero-order chi connectivity index (χ0) is 12.5. The molecule has 4 nitrogen and oxygen atoms in total. The molecule has 1 aliphatic heterocycles. The molecule has 0 aromatic rings. The Bertz CT molecular complexity index is 221. The molecule has 0 aliphatic carbocycles. The molecule has 5 heteroatoms. The second-order valence-electron chi connectivity index (χ2n) is 4.31. The van der Waals surface area contributed by atoms with Crippen molar-refractivity contribution < 1.29 is 9.53 Å². The molecule has 1 amide bonds. The summed E-state index contributed by atoms with van der Waals surface area (Å²) in [5.74, 6) is 1.28. The van der Waals surface area contributed by atoms with Gasteiger partial charge in [0.25, 0.3) is 0 Å². The molecule has 0 bridgehead atoms. The second-order valence-corrected chi connectivity index (χ2v) is 5.72. The third-order valence-electron chi connectivity index (χ3n) is 2.88. The summed E-state index contributed by atoms with van der Waals surface area (Å²) in [4.78, 5) is 11.7. The molecule has 0 saturated carbocycles. The molecule has 3 N–H and O–H groups in total. The lowest BCUT2D eigenvalue weighted by Gasteiger charge is -2.22. The van der Waals surface area contributed by atoms with E-state index in [2.05, 4.69) is 5.32 Å². The minimum absolute atomic E-state index is 0.0556. The van der Waals surface area contributed by atoms with E-state index in [-0.39, 0.29) is 12.0 Å². The van der Waals surface area contributed by atoms with E-state index in [1.54, 1.807) is 0 Å². The van der Waals surface area contributed by atoms with Crippen molar-refractivity contribution in [2.45, 2.75) is 44.0 Å². The summed E-state index contributed by atoms with van der Waals surface area (Å²) in [5, 5.41) is 3.57. The molecule has 1 rings (SSSR count). The van der Waals surface area contributed by atoms with Crippen LogP contribution >= 0.6 is 11.8 Å². The van der Waals surface area contributed by atoms with Gasteiger partial charge in [-0.3, -0.25) is 4.79 Å². The summed E-state index contributed by atoms with van der Waals surface area (Å²) in [6.45, 7) is 3.71. The third-order valence-corrected chi connectivity index (χ3v) is 4.28. The first-order chi connectivity index (χ1) is 8.26. The van der Waals surface area contributed by atoms with E-state index >= 15 is 0 Å². The van der Waals surface area contributed by atoms with Crippen molar-refractivity contribution in [3.8, 4) is 0 Å². The standard InChI is InChI=1S/C12H24N2O2S/c1-2-16-10(8-13)7-12(15)14-9-11-5-3-4-6-17-11/h10-11H,2-9,13H2,1H3,(H,14,15). The highest BCUT2D eigenvalue weighted by molar-refractivity contribution is 7.99. The molecule has 17 heavy (non-hydrogen) atoms. The van der Waals surface area contributed by atoms with Gasteiger partial charge in [-0.05, 0) is 25.5 Å². The normalized spacial score (nSPS) is 22.1. The van der Waals surface area contributed by atoms with Crippen molar-refractivity contribution in [2.75, 3.05) is 25.4 Å². The van der Waals surface area contributed by atoms with Crippen LogP contribution in [0.25, 0.3) is 0 Å². The van der Waals surface area contributed by atoms with E-state index < -0.39 is 0 Å². The van der Waals surface area contributed by atoms with E-state index in [9.17, 15) is 4.79 Å². The Balaban J connectivity index is 2.14. The summed E-state index contributed by atoms with van der Waals surface area (Å²) < 4.78 is 5.36. The molecule has 2 atom stereocenters. The maximum absolute atomic E-state index is 11.7. The van der Waals surface area contributed by atoms with Gasteiger partial charge in [-0.2, -0.15) is 11.8 Å². The Kier molecular flexibility index (Phi) is 7.64. The Labute approximate surface area is 108 Å². The van der Waals surface area contributed by atoms with Crippen LogP contribution in [0.4, 0.5) is 0 Å². The first kappa shape index (κ1) is 14.8. The lowest BCUT2D eigenvalue weighted by molar-refractivity contribution is -0.123. The maximum Gasteiger partial charge on any atom is 0.222 e. The van der Waals surface area contributed by atoms with Crippen molar-refractivity contribution in [1.82, 2.24) is 5.32 Å². The van der Waals surface area contributed by atoms with Crippen LogP contribution in [0.3, 0.4) is 0 Å². The number of amides is 1. The third kappa shape index (κ3) is 6.29. The fraction of sp³-hybridized carbons (Fsp3) is 0.917. The van der Waals surface area contributed by atoms with Gasteiger partial charge in [0, 0.05) is 24.9 Å². The Morgan fingerprint density at radius 2 is 2.41 bits per heavy atom. The average Bonchev–Trinajstić information content (AvgIpc) is 2.37. The number of ether oxygens (including phenoxy) is 1. The van der Waals surface area contributed by atoms with E-state index in [0.717, 1.165) is 6.54 Å².